The Labute approximate surface area is 120 Å². The molecule has 110 valence electrons. The maximum absolute atomic E-state index is 12.0. The summed E-state index contributed by atoms with van der Waals surface area (Å²) in [4.78, 5) is 12.0. The second kappa shape index (κ2) is 7.17. The summed E-state index contributed by atoms with van der Waals surface area (Å²) in [5.74, 6) is 1.38. The Hall–Kier alpha value is -1.71. The van der Waals surface area contributed by atoms with Crippen molar-refractivity contribution >= 4 is 11.7 Å². The number of hydrogen-bond acceptors (Lipinski definition) is 2. The topological polar surface area (TPSA) is 50.4 Å². The van der Waals surface area contributed by atoms with Crippen molar-refractivity contribution in [2.45, 2.75) is 45.6 Å². The predicted octanol–water partition coefficient (Wildman–Crippen LogP) is 3.79. The van der Waals surface area contributed by atoms with E-state index in [-0.39, 0.29) is 6.03 Å². The molecule has 0 saturated heterocycles. The average Bonchev–Trinajstić information content (AvgIpc) is 2.44. The van der Waals surface area contributed by atoms with Crippen LogP contribution in [-0.4, -0.2) is 18.7 Å². The lowest BCUT2D eigenvalue weighted by Gasteiger charge is -2.29. The van der Waals surface area contributed by atoms with Crippen molar-refractivity contribution in [1.82, 2.24) is 5.32 Å². The summed E-state index contributed by atoms with van der Waals surface area (Å²) in [5, 5.41) is 5.95. The Morgan fingerprint density at radius 1 is 1.25 bits per heavy atom. The smallest absolute Gasteiger partial charge is 0.319 e. The van der Waals surface area contributed by atoms with Gasteiger partial charge in [0.1, 0.15) is 5.75 Å². The fourth-order valence-corrected chi connectivity index (χ4v) is 2.67. The molecule has 2 unspecified atom stereocenters. The third kappa shape index (κ3) is 4.15. The molecule has 0 aliphatic heterocycles. The van der Waals surface area contributed by atoms with Crippen molar-refractivity contribution in [3.8, 4) is 5.75 Å². The van der Waals surface area contributed by atoms with E-state index in [1.807, 2.05) is 31.2 Å². The molecule has 2 N–H and O–H groups in total. The van der Waals surface area contributed by atoms with Gasteiger partial charge < -0.3 is 15.4 Å². The highest BCUT2D eigenvalue weighted by atomic mass is 16.5. The van der Waals surface area contributed by atoms with E-state index in [0.29, 0.717) is 18.6 Å². The number of hydrogen-bond donors (Lipinski definition) is 2. The SMILES string of the molecule is CCOc1ccc(NC(=O)NC2CCCCC2C)cc1. The number of benzene rings is 1. The van der Waals surface area contributed by atoms with Gasteiger partial charge in [-0.1, -0.05) is 19.8 Å². The second-order valence-electron chi connectivity index (χ2n) is 5.42. The first-order valence-corrected chi connectivity index (χ1v) is 7.49. The van der Waals surface area contributed by atoms with Crippen molar-refractivity contribution in [3.63, 3.8) is 0 Å². The largest absolute Gasteiger partial charge is 0.494 e. The molecule has 2 atom stereocenters. The predicted molar refractivity (Wildman–Crippen MR) is 81.2 cm³/mol. The fourth-order valence-electron chi connectivity index (χ4n) is 2.67. The number of anilines is 1. The van der Waals surface area contributed by atoms with E-state index in [0.717, 1.165) is 17.9 Å². The van der Waals surface area contributed by atoms with Gasteiger partial charge in [-0.2, -0.15) is 0 Å². The summed E-state index contributed by atoms with van der Waals surface area (Å²) in [7, 11) is 0. The molecule has 20 heavy (non-hydrogen) atoms. The van der Waals surface area contributed by atoms with Gasteiger partial charge in [-0.05, 0) is 49.9 Å². The fraction of sp³-hybridized carbons (Fsp3) is 0.562. The van der Waals surface area contributed by atoms with Crippen LogP contribution in [0.2, 0.25) is 0 Å². The molecule has 2 rings (SSSR count). The van der Waals surface area contributed by atoms with Crippen LogP contribution in [0.15, 0.2) is 24.3 Å². The first-order valence-electron chi connectivity index (χ1n) is 7.49. The number of ether oxygens (including phenoxy) is 1. The number of nitrogens with one attached hydrogen (secondary N) is 2. The molecule has 1 aliphatic carbocycles. The lowest BCUT2D eigenvalue weighted by Crippen LogP contribution is -2.43. The lowest BCUT2D eigenvalue weighted by atomic mass is 9.86. The normalized spacial score (nSPS) is 22.1. The quantitative estimate of drug-likeness (QED) is 0.879. The van der Waals surface area contributed by atoms with Crippen molar-refractivity contribution < 1.29 is 9.53 Å². The Bertz CT molecular complexity index is 431. The van der Waals surface area contributed by atoms with Gasteiger partial charge in [0, 0.05) is 11.7 Å². The van der Waals surface area contributed by atoms with E-state index < -0.39 is 0 Å². The van der Waals surface area contributed by atoms with Crippen LogP contribution in [0.5, 0.6) is 5.75 Å². The van der Waals surface area contributed by atoms with E-state index in [2.05, 4.69) is 17.6 Å². The van der Waals surface area contributed by atoms with Crippen LogP contribution >= 0.6 is 0 Å². The summed E-state index contributed by atoms with van der Waals surface area (Å²) in [6, 6.07) is 7.62. The highest BCUT2D eigenvalue weighted by Crippen LogP contribution is 2.23. The second-order valence-corrected chi connectivity index (χ2v) is 5.42. The summed E-state index contributed by atoms with van der Waals surface area (Å²) >= 11 is 0. The minimum atomic E-state index is -0.118. The zero-order chi connectivity index (χ0) is 14.4. The number of amides is 2. The summed E-state index contributed by atoms with van der Waals surface area (Å²) in [5.41, 5.74) is 0.786. The van der Waals surface area contributed by atoms with Crippen LogP contribution in [0, 0.1) is 5.92 Å². The van der Waals surface area contributed by atoms with Crippen molar-refractivity contribution in [2.75, 3.05) is 11.9 Å². The lowest BCUT2D eigenvalue weighted by molar-refractivity contribution is 0.232. The molecule has 0 heterocycles. The van der Waals surface area contributed by atoms with Crippen LogP contribution in [0.1, 0.15) is 39.5 Å². The molecule has 1 fully saturated rings. The van der Waals surface area contributed by atoms with E-state index in [9.17, 15) is 4.79 Å². The summed E-state index contributed by atoms with van der Waals surface area (Å²) in [6.07, 6.45) is 4.77. The summed E-state index contributed by atoms with van der Waals surface area (Å²) < 4.78 is 5.37. The Balaban J connectivity index is 1.84. The van der Waals surface area contributed by atoms with Crippen molar-refractivity contribution in [2.24, 2.45) is 5.92 Å². The molecule has 0 bridgehead atoms. The Kier molecular flexibility index (Phi) is 5.27. The molecular weight excluding hydrogens is 252 g/mol. The first-order chi connectivity index (χ1) is 9.69. The van der Waals surface area contributed by atoms with E-state index in [1.54, 1.807) is 0 Å². The molecule has 0 aromatic heterocycles. The van der Waals surface area contributed by atoms with Crippen LogP contribution in [0.3, 0.4) is 0 Å². The molecule has 1 aromatic rings. The molecule has 1 aliphatic rings. The number of urea groups is 1. The van der Waals surface area contributed by atoms with E-state index in [4.69, 9.17) is 4.74 Å². The average molecular weight is 276 g/mol. The van der Waals surface area contributed by atoms with Gasteiger partial charge in [0.25, 0.3) is 0 Å². The van der Waals surface area contributed by atoms with Crippen molar-refractivity contribution in [1.29, 1.82) is 0 Å². The molecule has 1 aromatic carbocycles. The minimum Gasteiger partial charge on any atom is -0.494 e. The zero-order valence-electron chi connectivity index (χ0n) is 12.3. The van der Waals surface area contributed by atoms with Crippen LogP contribution < -0.4 is 15.4 Å². The highest BCUT2D eigenvalue weighted by molar-refractivity contribution is 5.89. The van der Waals surface area contributed by atoms with Crippen LogP contribution in [0.25, 0.3) is 0 Å². The molecular formula is C16H24N2O2. The molecule has 0 radical (unpaired) electrons. The zero-order valence-corrected chi connectivity index (χ0v) is 12.3. The van der Waals surface area contributed by atoms with Gasteiger partial charge >= 0.3 is 6.03 Å². The Morgan fingerprint density at radius 3 is 2.60 bits per heavy atom. The van der Waals surface area contributed by atoms with Gasteiger partial charge in [0.15, 0.2) is 0 Å². The third-order valence-electron chi connectivity index (χ3n) is 3.85. The number of carbonyl (C=O) groups excluding carboxylic acids is 1. The monoisotopic (exact) mass is 276 g/mol. The summed E-state index contributed by atoms with van der Waals surface area (Å²) in [6.45, 7) is 4.80. The molecule has 1 saturated carbocycles. The van der Waals surface area contributed by atoms with Gasteiger partial charge in [-0.3, -0.25) is 0 Å². The maximum Gasteiger partial charge on any atom is 0.319 e. The van der Waals surface area contributed by atoms with Gasteiger partial charge in [0.2, 0.25) is 0 Å². The Morgan fingerprint density at radius 2 is 1.95 bits per heavy atom. The van der Waals surface area contributed by atoms with E-state index >= 15 is 0 Å². The van der Waals surface area contributed by atoms with E-state index in [1.165, 1.54) is 19.3 Å². The van der Waals surface area contributed by atoms with Crippen LogP contribution in [-0.2, 0) is 0 Å². The standard InChI is InChI=1S/C16H24N2O2/c1-3-20-14-10-8-13(9-11-14)17-16(19)18-15-7-5-4-6-12(15)2/h8-12,15H,3-7H2,1-2H3,(H2,17,18,19). The van der Waals surface area contributed by atoms with Gasteiger partial charge in [-0.15, -0.1) is 0 Å². The third-order valence-corrected chi connectivity index (χ3v) is 3.85. The first kappa shape index (κ1) is 14.7. The molecule has 4 heteroatoms. The van der Waals surface area contributed by atoms with Gasteiger partial charge in [-0.25, -0.2) is 4.79 Å². The maximum atomic E-state index is 12.0. The molecule has 4 nitrogen and oxygen atoms in total. The van der Waals surface area contributed by atoms with Crippen LogP contribution in [0.4, 0.5) is 10.5 Å². The van der Waals surface area contributed by atoms with Crippen molar-refractivity contribution in [3.05, 3.63) is 24.3 Å². The highest BCUT2D eigenvalue weighted by Gasteiger charge is 2.22. The molecule has 0 spiro atoms. The number of rotatable bonds is 4. The number of carbonyl (C=O) groups is 1. The minimum absolute atomic E-state index is 0.118. The van der Waals surface area contributed by atoms with Gasteiger partial charge in [0.05, 0.1) is 6.61 Å². The molecule has 2 amide bonds.